The molecule has 0 saturated heterocycles. The van der Waals surface area contributed by atoms with Crippen molar-refractivity contribution in [2.75, 3.05) is 12.8 Å². The highest BCUT2D eigenvalue weighted by Crippen LogP contribution is 2.50. The van der Waals surface area contributed by atoms with E-state index >= 15 is 0 Å². The standard InChI is InChI=1S/C13H20ClO3P/c1-3-5-11-18(15,16-10-4-2)17-13-9-7-6-8-12(13)14/h6-9H,3-5,10-11H2,1-2H3. The molecule has 3 nitrogen and oxygen atoms in total. The normalized spacial score (nSPS) is 14.2. The molecule has 0 saturated carbocycles. The number of rotatable bonds is 8. The van der Waals surface area contributed by atoms with Crippen LogP contribution in [0, 0.1) is 0 Å². The Morgan fingerprint density at radius 2 is 1.94 bits per heavy atom. The largest absolute Gasteiger partial charge is 0.423 e. The van der Waals surface area contributed by atoms with Gasteiger partial charge in [0, 0.05) is 0 Å². The summed E-state index contributed by atoms with van der Waals surface area (Å²) in [5, 5.41) is 0.453. The van der Waals surface area contributed by atoms with Gasteiger partial charge in [-0.15, -0.1) is 0 Å². The molecule has 1 unspecified atom stereocenters. The third-order valence-electron chi connectivity index (χ3n) is 2.35. The number of halogens is 1. The first kappa shape index (κ1) is 15.6. The molecule has 0 aliphatic rings. The lowest BCUT2D eigenvalue weighted by Crippen LogP contribution is -2.04. The lowest BCUT2D eigenvalue weighted by atomic mass is 10.3. The molecule has 0 heterocycles. The molecule has 0 radical (unpaired) electrons. The Morgan fingerprint density at radius 3 is 2.56 bits per heavy atom. The Labute approximate surface area is 114 Å². The van der Waals surface area contributed by atoms with Crippen molar-refractivity contribution >= 4 is 19.2 Å². The van der Waals surface area contributed by atoms with Crippen LogP contribution in [0.3, 0.4) is 0 Å². The van der Waals surface area contributed by atoms with Gasteiger partial charge in [0.05, 0.1) is 17.8 Å². The predicted molar refractivity (Wildman–Crippen MR) is 75.7 cm³/mol. The molecule has 1 aromatic rings. The second-order valence-electron chi connectivity index (χ2n) is 4.04. The third-order valence-corrected chi connectivity index (χ3v) is 4.58. The van der Waals surface area contributed by atoms with Gasteiger partial charge in [0.25, 0.3) is 0 Å². The summed E-state index contributed by atoms with van der Waals surface area (Å²) in [4.78, 5) is 0. The van der Waals surface area contributed by atoms with E-state index < -0.39 is 7.60 Å². The second-order valence-corrected chi connectivity index (χ2v) is 6.56. The molecule has 0 aliphatic heterocycles. The van der Waals surface area contributed by atoms with Crippen molar-refractivity contribution in [3.63, 3.8) is 0 Å². The zero-order valence-electron chi connectivity index (χ0n) is 10.9. The Balaban J connectivity index is 2.77. The lowest BCUT2D eigenvalue weighted by molar-refractivity contribution is 0.264. The molecule has 0 bridgehead atoms. The number of hydrogen-bond acceptors (Lipinski definition) is 3. The summed E-state index contributed by atoms with van der Waals surface area (Å²) in [7, 11) is -3.09. The smallest absolute Gasteiger partial charge is 0.379 e. The van der Waals surface area contributed by atoms with Crippen LogP contribution in [-0.4, -0.2) is 12.8 Å². The van der Waals surface area contributed by atoms with E-state index in [1.807, 2.05) is 13.8 Å². The van der Waals surface area contributed by atoms with Crippen molar-refractivity contribution in [2.24, 2.45) is 0 Å². The molecule has 0 amide bonds. The van der Waals surface area contributed by atoms with Gasteiger partial charge in [-0.2, -0.15) is 0 Å². The van der Waals surface area contributed by atoms with E-state index in [1.54, 1.807) is 24.3 Å². The average Bonchev–Trinajstić information content (AvgIpc) is 2.37. The van der Waals surface area contributed by atoms with Crippen LogP contribution in [0.15, 0.2) is 24.3 Å². The topological polar surface area (TPSA) is 35.5 Å². The highest BCUT2D eigenvalue weighted by Gasteiger charge is 2.26. The molecule has 1 atom stereocenters. The Kier molecular flexibility index (Phi) is 6.77. The Hall–Kier alpha value is -0.500. The van der Waals surface area contributed by atoms with Crippen LogP contribution in [0.5, 0.6) is 5.75 Å². The van der Waals surface area contributed by atoms with Gasteiger partial charge in [-0.3, -0.25) is 4.52 Å². The van der Waals surface area contributed by atoms with E-state index in [-0.39, 0.29) is 0 Å². The SMILES string of the molecule is CCCCP(=O)(OCCC)Oc1ccccc1Cl. The van der Waals surface area contributed by atoms with E-state index in [1.165, 1.54) is 0 Å². The molecule has 0 aromatic heterocycles. The van der Waals surface area contributed by atoms with Crippen molar-refractivity contribution in [1.82, 2.24) is 0 Å². The van der Waals surface area contributed by atoms with Gasteiger partial charge in [-0.1, -0.05) is 44.0 Å². The van der Waals surface area contributed by atoms with E-state index in [0.717, 1.165) is 19.3 Å². The van der Waals surface area contributed by atoms with Crippen molar-refractivity contribution in [2.45, 2.75) is 33.1 Å². The van der Waals surface area contributed by atoms with Crippen LogP contribution in [0.1, 0.15) is 33.1 Å². The fourth-order valence-corrected chi connectivity index (χ4v) is 3.51. The molecule has 1 rings (SSSR count). The van der Waals surface area contributed by atoms with Crippen LogP contribution in [0.4, 0.5) is 0 Å². The Morgan fingerprint density at radius 1 is 1.22 bits per heavy atom. The summed E-state index contributed by atoms with van der Waals surface area (Å²) in [5.74, 6) is 0.426. The third kappa shape index (κ3) is 5.01. The molecule has 0 aliphatic carbocycles. The van der Waals surface area contributed by atoms with E-state index in [4.69, 9.17) is 20.6 Å². The average molecular weight is 291 g/mol. The van der Waals surface area contributed by atoms with Crippen LogP contribution in [-0.2, 0) is 9.09 Å². The summed E-state index contributed by atoms with van der Waals surface area (Å²) in [5.41, 5.74) is 0. The number of unbranched alkanes of at least 4 members (excludes halogenated alkanes) is 1. The zero-order valence-corrected chi connectivity index (χ0v) is 12.5. The molecule has 0 N–H and O–H groups in total. The van der Waals surface area contributed by atoms with E-state index in [9.17, 15) is 4.57 Å². The summed E-state index contributed by atoms with van der Waals surface area (Å²) < 4.78 is 23.5. The van der Waals surface area contributed by atoms with Crippen molar-refractivity contribution in [3.05, 3.63) is 29.3 Å². The molecule has 0 fully saturated rings. The minimum atomic E-state index is -3.09. The molecule has 5 heteroatoms. The molecule has 18 heavy (non-hydrogen) atoms. The fraction of sp³-hybridized carbons (Fsp3) is 0.538. The van der Waals surface area contributed by atoms with Gasteiger partial charge >= 0.3 is 7.60 Å². The van der Waals surface area contributed by atoms with Crippen LogP contribution in [0.2, 0.25) is 5.02 Å². The quantitative estimate of drug-likeness (QED) is 0.622. The second kappa shape index (κ2) is 7.83. The predicted octanol–water partition coefficient (Wildman–Crippen LogP) is 5.14. The van der Waals surface area contributed by atoms with Crippen LogP contribution < -0.4 is 4.52 Å². The number of hydrogen-bond donors (Lipinski definition) is 0. The van der Waals surface area contributed by atoms with Crippen LogP contribution >= 0.6 is 19.2 Å². The molecule has 102 valence electrons. The van der Waals surface area contributed by atoms with E-state index in [0.29, 0.717) is 23.5 Å². The lowest BCUT2D eigenvalue weighted by Gasteiger charge is -2.19. The Bertz CT molecular complexity index is 397. The first-order valence-electron chi connectivity index (χ1n) is 6.29. The summed E-state index contributed by atoms with van der Waals surface area (Å²) in [6.07, 6.45) is 2.99. The monoisotopic (exact) mass is 290 g/mol. The van der Waals surface area contributed by atoms with Gasteiger partial charge in [-0.05, 0) is 25.0 Å². The van der Waals surface area contributed by atoms with Gasteiger partial charge in [0.15, 0.2) is 0 Å². The molecular weight excluding hydrogens is 271 g/mol. The fourth-order valence-electron chi connectivity index (χ4n) is 1.39. The maximum atomic E-state index is 12.5. The maximum absolute atomic E-state index is 12.5. The highest BCUT2D eigenvalue weighted by molar-refractivity contribution is 7.54. The van der Waals surface area contributed by atoms with Crippen molar-refractivity contribution < 1.29 is 13.6 Å². The van der Waals surface area contributed by atoms with Crippen molar-refractivity contribution in [3.8, 4) is 5.75 Å². The first-order chi connectivity index (χ1) is 8.61. The van der Waals surface area contributed by atoms with Gasteiger partial charge in [0.2, 0.25) is 0 Å². The zero-order chi connectivity index (χ0) is 13.4. The highest BCUT2D eigenvalue weighted by atomic mass is 35.5. The van der Waals surface area contributed by atoms with Gasteiger partial charge < -0.3 is 4.52 Å². The molecule has 0 spiro atoms. The van der Waals surface area contributed by atoms with E-state index in [2.05, 4.69) is 0 Å². The molecule has 1 aromatic carbocycles. The first-order valence-corrected chi connectivity index (χ1v) is 8.39. The summed E-state index contributed by atoms with van der Waals surface area (Å²) in [6, 6.07) is 7.02. The number of benzene rings is 1. The maximum Gasteiger partial charge on any atom is 0.379 e. The summed E-state index contributed by atoms with van der Waals surface area (Å²) in [6.45, 7) is 4.45. The van der Waals surface area contributed by atoms with Gasteiger partial charge in [-0.25, -0.2) is 4.57 Å². The minimum Gasteiger partial charge on any atom is -0.423 e. The molecular formula is C13H20ClO3P. The minimum absolute atomic E-state index is 0.425. The van der Waals surface area contributed by atoms with Crippen LogP contribution in [0.25, 0.3) is 0 Å². The number of para-hydroxylation sites is 1. The van der Waals surface area contributed by atoms with Crippen molar-refractivity contribution in [1.29, 1.82) is 0 Å². The summed E-state index contributed by atoms with van der Waals surface area (Å²) >= 11 is 6.00. The van der Waals surface area contributed by atoms with Gasteiger partial charge in [0.1, 0.15) is 5.75 Å².